The van der Waals surface area contributed by atoms with Gasteiger partial charge in [-0.15, -0.1) is 0 Å². The Bertz CT molecular complexity index is 1020. The molecule has 2 aromatic carbocycles. The largest absolute Gasteiger partial charge is 0.310 e. The van der Waals surface area contributed by atoms with Crippen molar-refractivity contribution in [2.45, 2.75) is 27.3 Å². The zero-order chi connectivity index (χ0) is 19.4. The molecular weight excluding hydrogens is 336 g/mol. The van der Waals surface area contributed by atoms with Gasteiger partial charge in [-0.3, -0.25) is 9.59 Å². The van der Waals surface area contributed by atoms with Crippen LogP contribution in [0.1, 0.15) is 34.0 Å². The standard InChI is InChI=1S/C23H24N2O2/c1-4-25(21-14-8-6-11-18(21)3)23(27)20-13-9-15-24(22(20)26)16-19-12-7-5-10-17(19)2/h5-15H,4,16H2,1-3H3. The van der Waals surface area contributed by atoms with Crippen LogP contribution in [0.2, 0.25) is 0 Å². The van der Waals surface area contributed by atoms with E-state index in [4.69, 9.17) is 0 Å². The molecule has 0 saturated heterocycles. The molecule has 1 heterocycles. The zero-order valence-electron chi connectivity index (χ0n) is 16.0. The van der Waals surface area contributed by atoms with Crippen molar-refractivity contribution in [3.63, 3.8) is 0 Å². The summed E-state index contributed by atoms with van der Waals surface area (Å²) < 4.78 is 1.60. The lowest BCUT2D eigenvalue weighted by Gasteiger charge is -2.23. The molecule has 0 fully saturated rings. The number of para-hydroxylation sites is 1. The number of carbonyl (C=O) groups excluding carboxylic acids is 1. The van der Waals surface area contributed by atoms with E-state index >= 15 is 0 Å². The first-order valence-electron chi connectivity index (χ1n) is 9.14. The van der Waals surface area contributed by atoms with Gasteiger partial charge in [0.05, 0.1) is 6.54 Å². The van der Waals surface area contributed by atoms with Crippen LogP contribution < -0.4 is 10.5 Å². The molecule has 0 unspecified atom stereocenters. The Morgan fingerprint density at radius 2 is 1.59 bits per heavy atom. The molecule has 0 N–H and O–H groups in total. The van der Waals surface area contributed by atoms with Gasteiger partial charge in [-0.05, 0) is 55.7 Å². The number of hydrogen-bond donors (Lipinski definition) is 0. The number of aryl methyl sites for hydroxylation is 2. The summed E-state index contributed by atoms with van der Waals surface area (Å²) in [5.41, 5.74) is 3.95. The fraction of sp³-hybridized carbons (Fsp3) is 0.217. The third-order valence-electron chi connectivity index (χ3n) is 4.82. The third kappa shape index (κ3) is 3.85. The fourth-order valence-electron chi connectivity index (χ4n) is 3.23. The first-order chi connectivity index (χ1) is 13.0. The van der Waals surface area contributed by atoms with Crippen LogP contribution in [0.3, 0.4) is 0 Å². The van der Waals surface area contributed by atoms with E-state index in [2.05, 4.69) is 0 Å². The molecule has 1 amide bonds. The fourth-order valence-corrected chi connectivity index (χ4v) is 3.23. The van der Waals surface area contributed by atoms with E-state index in [9.17, 15) is 9.59 Å². The molecule has 138 valence electrons. The molecule has 0 saturated carbocycles. The Balaban J connectivity index is 1.97. The van der Waals surface area contributed by atoms with Crippen LogP contribution in [-0.4, -0.2) is 17.0 Å². The van der Waals surface area contributed by atoms with Crippen molar-refractivity contribution in [3.05, 3.63) is 99.5 Å². The van der Waals surface area contributed by atoms with Gasteiger partial charge in [0.15, 0.2) is 0 Å². The summed E-state index contributed by atoms with van der Waals surface area (Å²) in [5.74, 6) is -0.268. The van der Waals surface area contributed by atoms with Crippen molar-refractivity contribution in [1.29, 1.82) is 0 Å². The van der Waals surface area contributed by atoms with Gasteiger partial charge in [0.1, 0.15) is 5.56 Å². The lowest BCUT2D eigenvalue weighted by Crippen LogP contribution is -2.37. The molecule has 3 rings (SSSR count). The quantitative estimate of drug-likeness (QED) is 0.685. The van der Waals surface area contributed by atoms with E-state index in [1.807, 2.05) is 69.3 Å². The van der Waals surface area contributed by atoms with Gasteiger partial charge in [0.2, 0.25) is 0 Å². The molecular formula is C23H24N2O2. The van der Waals surface area contributed by atoms with Gasteiger partial charge < -0.3 is 9.47 Å². The molecule has 27 heavy (non-hydrogen) atoms. The molecule has 1 aromatic heterocycles. The maximum atomic E-state index is 13.1. The summed E-state index contributed by atoms with van der Waals surface area (Å²) >= 11 is 0. The third-order valence-corrected chi connectivity index (χ3v) is 4.82. The van der Waals surface area contributed by atoms with Crippen LogP contribution in [0.4, 0.5) is 5.69 Å². The van der Waals surface area contributed by atoms with Crippen molar-refractivity contribution in [1.82, 2.24) is 4.57 Å². The van der Waals surface area contributed by atoms with E-state index in [0.29, 0.717) is 13.1 Å². The number of benzene rings is 2. The van der Waals surface area contributed by atoms with Crippen LogP contribution in [0.15, 0.2) is 71.7 Å². The average Bonchev–Trinajstić information content (AvgIpc) is 2.67. The number of anilines is 1. The summed E-state index contributed by atoms with van der Waals surface area (Å²) in [7, 11) is 0. The van der Waals surface area contributed by atoms with Crippen LogP contribution in [0, 0.1) is 13.8 Å². The highest BCUT2D eigenvalue weighted by Crippen LogP contribution is 2.20. The number of hydrogen-bond acceptors (Lipinski definition) is 2. The van der Waals surface area contributed by atoms with Gasteiger partial charge in [0, 0.05) is 18.4 Å². The van der Waals surface area contributed by atoms with Crippen LogP contribution >= 0.6 is 0 Å². The van der Waals surface area contributed by atoms with Crippen molar-refractivity contribution >= 4 is 11.6 Å². The van der Waals surface area contributed by atoms with Crippen LogP contribution in [0.25, 0.3) is 0 Å². The average molecular weight is 360 g/mol. The molecule has 0 atom stereocenters. The van der Waals surface area contributed by atoms with Gasteiger partial charge in [-0.2, -0.15) is 0 Å². The van der Waals surface area contributed by atoms with Crippen molar-refractivity contribution in [2.75, 3.05) is 11.4 Å². The summed E-state index contributed by atoms with van der Waals surface area (Å²) in [5, 5.41) is 0. The summed E-state index contributed by atoms with van der Waals surface area (Å²) in [6.45, 7) is 6.84. The number of rotatable bonds is 5. The summed E-state index contributed by atoms with van der Waals surface area (Å²) in [4.78, 5) is 27.8. The molecule has 4 nitrogen and oxygen atoms in total. The number of amides is 1. The van der Waals surface area contributed by atoms with Gasteiger partial charge >= 0.3 is 0 Å². The lowest BCUT2D eigenvalue weighted by molar-refractivity contribution is 0.0986. The first-order valence-corrected chi connectivity index (χ1v) is 9.14. The van der Waals surface area contributed by atoms with Crippen molar-refractivity contribution in [3.8, 4) is 0 Å². The summed E-state index contributed by atoms with van der Waals surface area (Å²) in [6, 6.07) is 19.0. The maximum Gasteiger partial charge on any atom is 0.263 e. The Morgan fingerprint density at radius 3 is 2.26 bits per heavy atom. The predicted molar refractivity (Wildman–Crippen MR) is 110 cm³/mol. The highest BCUT2D eigenvalue weighted by Gasteiger charge is 2.21. The van der Waals surface area contributed by atoms with E-state index < -0.39 is 0 Å². The smallest absolute Gasteiger partial charge is 0.263 e. The van der Waals surface area contributed by atoms with E-state index in [1.165, 1.54) is 0 Å². The van der Waals surface area contributed by atoms with Crippen LogP contribution in [0.5, 0.6) is 0 Å². The topological polar surface area (TPSA) is 42.3 Å². The van der Waals surface area contributed by atoms with E-state index in [1.54, 1.807) is 27.8 Å². The highest BCUT2D eigenvalue weighted by atomic mass is 16.2. The molecule has 0 bridgehead atoms. The lowest BCUT2D eigenvalue weighted by atomic mass is 10.1. The van der Waals surface area contributed by atoms with Crippen molar-refractivity contribution in [2.24, 2.45) is 0 Å². The molecule has 0 spiro atoms. The molecule has 0 aliphatic carbocycles. The Morgan fingerprint density at radius 1 is 0.926 bits per heavy atom. The minimum Gasteiger partial charge on any atom is -0.310 e. The summed E-state index contributed by atoms with van der Waals surface area (Å²) in [6.07, 6.45) is 1.73. The van der Waals surface area contributed by atoms with Crippen LogP contribution in [-0.2, 0) is 6.54 Å². The first kappa shape index (κ1) is 18.6. The minimum absolute atomic E-state index is 0.191. The highest BCUT2D eigenvalue weighted by molar-refractivity contribution is 6.06. The molecule has 3 aromatic rings. The zero-order valence-corrected chi connectivity index (χ0v) is 16.0. The maximum absolute atomic E-state index is 13.1. The van der Waals surface area contributed by atoms with E-state index in [-0.39, 0.29) is 17.0 Å². The Kier molecular flexibility index (Phi) is 5.55. The van der Waals surface area contributed by atoms with Gasteiger partial charge in [-0.1, -0.05) is 42.5 Å². The van der Waals surface area contributed by atoms with Crippen molar-refractivity contribution < 1.29 is 4.79 Å². The molecule has 0 radical (unpaired) electrons. The monoisotopic (exact) mass is 360 g/mol. The van der Waals surface area contributed by atoms with Gasteiger partial charge in [-0.25, -0.2) is 0 Å². The molecule has 0 aliphatic heterocycles. The predicted octanol–water partition coefficient (Wildman–Crippen LogP) is 4.18. The second kappa shape index (κ2) is 8.04. The normalized spacial score (nSPS) is 10.6. The SMILES string of the molecule is CCN(C(=O)c1cccn(Cc2ccccc2C)c1=O)c1ccccc1C. The second-order valence-electron chi connectivity index (χ2n) is 6.62. The molecule has 0 aliphatic rings. The number of pyridine rings is 1. The number of nitrogens with zero attached hydrogens (tertiary/aromatic N) is 2. The molecule has 4 heteroatoms. The number of carbonyl (C=O) groups is 1. The second-order valence-corrected chi connectivity index (χ2v) is 6.62. The Hall–Kier alpha value is -3.14. The Labute approximate surface area is 159 Å². The van der Waals surface area contributed by atoms with Gasteiger partial charge in [0.25, 0.3) is 11.5 Å². The minimum atomic E-state index is -0.268. The van der Waals surface area contributed by atoms with E-state index in [0.717, 1.165) is 22.4 Å². The number of aromatic nitrogens is 1.